The number of hydrogen-bond acceptors (Lipinski definition) is 4. The van der Waals surface area contributed by atoms with Gasteiger partial charge in [-0.15, -0.1) is 0 Å². The Hall–Kier alpha value is -1.59. The number of aliphatic imine (C=N–C) groups is 1. The van der Waals surface area contributed by atoms with Crippen molar-refractivity contribution in [3.63, 3.8) is 0 Å². The number of hydrogen-bond donors (Lipinski definition) is 2. The lowest BCUT2D eigenvalue weighted by Crippen LogP contribution is -2.39. The van der Waals surface area contributed by atoms with Crippen LogP contribution in [0.15, 0.2) is 9.52 Å². The number of guanidine groups is 1. The second-order valence-electron chi connectivity index (χ2n) is 4.26. The van der Waals surface area contributed by atoms with Crippen molar-refractivity contribution in [2.45, 2.75) is 38.6 Å². The third-order valence-corrected chi connectivity index (χ3v) is 2.57. The van der Waals surface area contributed by atoms with Crippen LogP contribution in [-0.4, -0.2) is 35.7 Å². The van der Waals surface area contributed by atoms with Crippen LogP contribution in [0, 0.1) is 6.92 Å². The molecule has 0 amide bonds. The van der Waals surface area contributed by atoms with Gasteiger partial charge in [0, 0.05) is 26.1 Å². The fraction of sp³-hybridized carbons (Fsp3) is 0.727. The van der Waals surface area contributed by atoms with E-state index in [1.807, 2.05) is 6.92 Å². The standard InChI is InChI=1S/C11H19N5O/c1-8-14-10(17-16-8)4-3-7-13-11(12-2)15-9-5-6-9/h9H,3-7H2,1-2H3,(H2,12,13,15). The zero-order chi connectivity index (χ0) is 12.1. The molecule has 1 fully saturated rings. The lowest BCUT2D eigenvalue weighted by Gasteiger charge is -2.09. The van der Waals surface area contributed by atoms with E-state index in [0.29, 0.717) is 17.8 Å². The van der Waals surface area contributed by atoms with Gasteiger partial charge < -0.3 is 15.2 Å². The maximum Gasteiger partial charge on any atom is 0.226 e. The first-order valence-electron chi connectivity index (χ1n) is 6.04. The van der Waals surface area contributed by atoms with E-state index in [2.05, 4.69) is 25.8 Å². The molecule has 6 heteroatoms. The van der Waals surface area contributed by atoms with Crippen LogP contribution in [0.3, 0.4) is 0 Å². The van der Waals surface area contributed by atoms with Gasteiger partial charge in [-0.1, -0.05) is 5.16 Å². The molecule has 1 aromatic heterocycles. The van der Waals surface area contributed by atoms with Gasteiger partial charge in [0.05, 0.1) is 0 Å². The van der Waals surface area contributed by atoms with E-state index >= 15 is 0 Å². The van der Waals surface area contributed by atoms with Crippen molar-refractivity contribution in [3.05, 3.63) is 11.7 Å². The highest BCUT2D eigenvalue weighted by Gasteiger charge is 2.21. The molecule has 94 valence electrons. The molecule has 1 aliphatic rings. The average molecular weight is 237 g/mol. The fourth-order valence-electron chi connectivity index (χ4n) is 1.50. The minimum Gasteiger partial charge on any atom is -0.356 e. The van der Waals surface area contributed by atoms with Crippen LogP contribution in [0.1, 0.15) is 31.0 Å². The van der Waals surface area contributed by atoms with Crippen LogP contribution in [0.5, 0.6) is 0 Å². The van der Waals surface area contributed by atoms with Crippen LogP contribution in [0.4, 0.5) is 0 Å². The van der Waals surface area contributed by atoms with Gasteiger partial charge in [0.15, 0.2) is 11.8 Å². The van der Waals surface area contributed by atoms with Gasteiger partial charge in [-0.3, -0.25) is 4.99 Å². The quantitative estimate of drug-likeness (QED) is 0.446. The van der Waals surface area contributed by atoms with Crippen LogP contribution in [-0.2, 0) is 6.42 Å². The highest BCUT2D eigenvalue weighted by Crippen LogP contribution is 2.18. The van der Waals surface area contributed by atoms with Gasteiger partial charge in [0.25, 0.3) is 0 Å². The molecule has 0 unspecified atom stereocenters. The van der Waals surface area contributed by atoms with Gasteiger partial charge >= 0.3 is 0 Å². The van der Waals surface area contributed by atoms with Crippen molar-refractivity contribution < 1.29 is 4.52 Å². The van der Waals surface area contributed by atoms with E-state index in [0.717, 1.165) is 25.3 Å². The Labute approximate surface area is 101 Å². The summed E-state index contributed by atoms with van der Waals surface area (Å²) in [7, 11) is 1.79. The van der Waals surface area contributed by atoms with Gasteiger partial charge in [-0.2, -0.15) is 4.98 Å². The summed E-state index contributed by atoms with van der Waals surface area (Å²) in [4.78, 5) is 8.31. The number of nitrogens with zero attached hydrogens (tertiary/aromatic N) is 3. The van der Waals surface area contributed by atoms with Gasteiger partial charge in [-0.05, 0) is 26.2 Å². The normalized spacial score (nSPS) is 16.0. The van der Waals surface area contributed by atoms with Gasteiger partial charge in [0.2, 0.25) is 5.89 Å². The van der Waals surface area contributed by atoms with Gasteiger partial charge in [0.1, 0.15) is 0 Å². The number of rotatable bonds is 5. The first kappa shape index (κ1) is 11.9. The predicted molar refractivity (Wildman–Crippen MR) is 64.9 cm³/mol. The molecule has 17 heavy (non-hydrogen) atoms. The molecule has 1 heterocycles. The first-order valence-corrected chi connectivity index (χ1v) is 6.04. The van der Waals surface area contributed by atoms with Crippen LogP contribution < -0.4 is 10.6 Å². The van der Waals surface area contributed by atoms with Crippen LogP contribution in [0.25, 0.3) is 0 Å². The van der Waals surface area contributed by atoms with Crippen molar-refractivity contribution in [2.24, 2.45) is 4.99 Å². The Kier molecular flexibility index (Phi) is 3.95. The topological polar surface area (TPSA) is 75.3 Å². The second-order valence-corrected chi connectivity index (χ2v) is 4.26. The van der Waals surface area contributed by atoms with E-state index in [4.69, 9.17) is 4.52 Å². The van der Waals surface area contributed by atoms with E-state index in [1.165, 1.54) is 12.8 Å². The molecule has 0 saturated heterocycles. The fourth-order valence-corrected chi connectivity index (χ4v) is 1.50. The molecule has 1 saturated carbocycles. The van der Waals surface area contributed by atoms with E-state index in [-0.39, 0.29) is 0 Å². The summed E-state index contributed by atoms with van der Waals surface area (Å²) >= 11 is 0. The average Bonchev–Trinajstić information content (AvgIpc) is 3.05. The molecule has 2 rings (SSSR count). The highest BCUT2D eigenvalue weighted by atomic mass is 16.5. The number of aryl methyl sites for hydroxylation is 2. The maximum atomic E-state index is 5.04. The molecule has 1 aliphatic carbocycles. The SMILES string of the molecule is CN=C(NCCCc1nc(C)no1)NC1CC1. The molecule has 0 radical (unpaired) electrons. The lowest BCUT2D eigenvalue weighted by molar-refractivity contribution is 0.372. The van der Waals surface area contributed by atoms with Crippen molar-refractivity contribution in [1.29, 1.82) is 0 Å². The summed E-state index contributed by atoms with van der Waals surface area (Å²) in [5.74, 6) is 2.28. The number of aromatic nitrogens is 2. The zero-order valence-electron chi connectivity index (χ0n) is 10.4. The molecule has 0 bridgehead atoms. The van der Waals surface area contributed by atoms with Crippen molar-refractivity contribution >= 4 is 5.96 Å². The Morgan fingerprint density at radius 2 is 2.35 bits per heavy atom. The minimum absolute atomic E-state index is 0.625. The Morgan fingerprint density at radius 3 is 2.94 bits per heavy atom. The van der Waals surface area contributed by atoms with Gasteiger partial charge in [-0.25, -0.2) is 0 Å². The molecule has 0 atom stereocenters. The summed E-state index contributed by atoms with van der Waals surface area (Å²) in [6, 6.07) is 0.625. The molecule has 6 nitrogen and oxygen atoms in total. The zero-order valence-corrected chi connectivity index (χ0v) is 10.4. The van der Waals surface area contributed by atoms with E-state index in [9.17, 15) is 0 Å². The van der Waals surface area contributed by atoms with Crippen LogP contribution in [0.2, 0.25) is 0 Å². The first-order chi connectivity index (χ1) is 8.28. The van der Waals surface area contributed by atoms with Crippen molar-refractivity contribution in [2.75, 3.05) is 13.6 Å². The molecule has 0 aliphatic heterocycles. The molecule has 0 aromatic carbocycles. The third-order valence-electron chi connectivity index (χ3n) is 2.57. The smallest absolute Gasteiger partial charge is 0.226 e. The highest BCUT2D eigenvalue weighted by molar-refractivity contribution is 5.80. The monoisotopic (exact) mass is 237 g/mol. The van der Waals surface area contributed by atoms with Crippen LogP contribution >= 0.6 is 0 Å². The van der Waals surface area contributed by atoms with Crippen molar-refractivity contribution in [1.82, 2.24) is 20.8 Å². The summed E-state index contributed by atoms with van der Waals surface area (Å²) in [5.41, 5.74) is 0. The maximum absolute atomic E-state index is 5.04. The molecular formula is C11H19N5O. The Balaban J connectivity index is 1.61. The summed E-state index contributed by atoms with van der Waals surface area (Å²) < 4.78 is 5.04. The second kappa shape index (κ2) is 5.65. The summed E-state index contributed by atoms with van der Waals surface area (Å²) in [6.07, 6.45) is 4.26. The third kappa shape index (κ3) is 4.05. The Bertz CT molecular complexity index is 383. The minimum atomic E-state index is 0.625. The number of nitrogens with one attached hydrogen (secondary N) is 2. The lowest BCUT2D eigenvalue weighted by atomic mass is 10.3. The predicted octanol–water partition coefficient (Wildman–Crippen LogP) is 0.638. The summed E-state index contributed by atoms with van der Waals surface area (Å²) in [5, 5.41) is 10.3. The van der Waals surface area contributed by atoms with E-state index in [1.54, 1.807) is 7.05 Å². The largest absolute Gasteiger partial charge is 0.356 e. The van der Waals surface area contributed by atoms with E-state index < -0.39 is 0 Å². The molecule has 2 N–H and O–H groups in total. The Morgan fingerprint density at radius 1 is 1.53 bits per heavy atom. The molecular weight excluding hydrogens is 218 g/mol. The molecule has 0 spiro atoms. The summed E-state index contributed by atoms with van der Waals surface area (Å²) in [6.45, 7) is 2.68. The van der Waals surface area contributed by atoms with Crippen molar-refractivity contribution in [3.8, 4) is 0 Å². The molecule has 1 aromatic rings.